The summed E-state index contributed by atoms with van der Waals surface area (Å²) in [5.41, 5.74) is 1.33. The summed E-state index contributed by atoms with van der Waals surface area (Å²) >= 11 is 7.31. The van der Waals surface area contributed by atoms with Gasteiger partial charge in [0.1, 0.15) is 12.4 Å². The molecule has 0 bridgehead atoms. The Morgan fingerprint density at radius 1 is 1.14 bits per heavy atom. The molecule has 0 radical (unpaired) electrons. The average Bonchev–Trinajstić information content (AvgIpc) is 3.11. The predicted octanol–water partition coefficient (Wildman–Crippen LogP) is 6.56. The largest absolute Gasteiger partial charge is 0.487 e. The Morgan fingerprint density at radius 2 is 1.86 bits per heavy atom. The number of carbonyl (C=O) groups is 1. The Bertz CT molecular complexity index is 984. The number of nitrogens with one attached hydrogen (secondary N) is 1. The fourth-order valence-corrected chi connectivity index (χ4v) is 3.35. The van der Waals surface area contributed by atoms with Gasteiger partial charge in [0.25, 0.3) is 5.91 Å². The fourth-order valence-electron chi connectivity index (χ4n) is 2.39. The number of ether oxygens (including phenoxy) is 1. The Kier molecular flexibility index (Phi) is 5.96. The predicted molar refractivity (Wildman–Crippen MR) is 104 cm³/mol. The number of rotatable bonds is 5. The third kappa shape index (κ3) is 5.05. The van der Waals surface area contributed by atoms with Gasteiger partial charge in [0.05, 0.1) is 15.5 Å². The standard InChI is InChI=1S/C20H15ClF3NO2S/c1-12-2-7-16(21)17(8-12)27-10-13-9-18(28-11-13)19(26)25-15-5-3-14(4-6-15)20(22,23)24/h2-9,11H,10H2,1H3,(H,25,26). The van der Waals surface area contributed by atoms with Crippen LogP contribution in [0.2, 0.25) is 5.02 Å². The molecule has 0 spiro atoms. The molecule has 0 aliphatic carbocycles. The number of hydrogen-bond acceptors (Lipinski definition) is 3. The van der Waals surface area contributed by atoms with E-state index in [0.29, 0.717) is 15.6 Å². The molecule has 0 atom stereocenters. The number of amides is 1. The Balaban J connectivity index is 1.61. The maximum atomic E-state index is 12.6. The van der Waals surface area contributed by atoms with Gasteiger partial charge in [-0.05, 0) is 60.3 Å². The van der Waals surface area contributed by atoms with Crippen molar-refractivity contribution < 1.29 is 22.7 Å². The normalized spacial score (nSPS) is 11.3. The SMILES string of the molecule is Cc1ccc(Cl)c(OCc2csc(C(=O)Nc3ccc(C(F)(F)F)cc3)c2)c1. The van der Waals surface area contributed by atoms with E-state index in [1.165, 1.54) is 23.5 Å². The van der Waals surface area contributed by atoms with E-state index in [1.807, 2.05) is 19.1 Å². The molecular formula is C20H15ClF3NO2S. The summed E-state index contributed by atoms with van der Waals surface area (Å²) in [4.78, 5) is 12.7. The third-order valence-corrected chi connectivity index (χ3v) is 5.12. The molecule has 0 fully saturated rings. The smallest absolute Gasteiger partial charge is 0.416 e. The topological polar surface area (TPSA) is 38.3 Å². The zero-order chi connectivity index (χ0) is 20.3. The first-order valence-corrected chi connectivity index (χ1v) is 9.43. The summed E-state index contributed by atoms with van der Waals surface area (Å²) in [6.45, 7) is 2.17. The molecule has 1 aromatic heterocycles. The Morgan fingerprint density at radius 3 is 2.54 bits per heavy atom. The number of aryl methyl sites for hydroxylation is 1. The van der Waals surface area contributed by atoms with E-state index in [2.05, 4.69) is 5.32 Å². The fraction of sp³-hybridized carbons (Fsp3) is 0.150. The number of benzene rings is 2. The summed E-state index contributed by atoms with van der Waals surface area (Å²) in [6.07, 6.45) is -4.41. The number of anilines is 1. The van der Waals surface area contributed by atoms with Crippen molar-refractivity contribution in [3.05, 3.63) is 80.5 Å². The van der Waals surface area contributed by atoms with Gasteiger partial charge in [-0.25, -0.2) is 0 Å². The first-order chi connectivity index (χ1) is 13.2. The second-order valence-electron chi connectivity index (χ2n) is 6.07. The minimum absolute atomic E-state index is 0.243. The van der Waals surface area contributed by atoms with Crippen molar-refractivity contribution in [2.45, 2.75) is 19.7 Å². The Hall–Kier alpha value is -2.51. The van der Waals surface area contributed by atoms with Crippen molar-refractivity contribution in [2.75, 3.05) is 5.32 Å². The van der Waals surface area contributed by atoms with Crippen LogP contribution in [0.3, 0.4) is 0 Å². The van der Waals surface area contributed by atoms with Crippen molar-refractivity contribution >= 4 is 34.5 Å². The van der Waals surface area contributed by atoms with Crippen LogP contribution in [-0.4, -0.2) is 5.91 Å². The highest BCUT2D eigenvalue weighted by molar-refractivity contribution is 7.12. The zero-order valence-electron chi connectivity index (χ0n) is 14.6. The van der Waals surface area contributed by atoms with Crippen LogP contribution in [0.4, 0.5) is 18.9 Å². The van der Waals surface area contributed by atoms with Crippen LogP contribution in [0.15, 0.2) is 53.9 Å². The molecule has 1 heterocycles. The molecule has 8 heteroatoms. The summed E-state index contributed by atoms with van der Waals surface area (Å²) < 4.78 is 43.5. The molecule has 0 aliphatic heterocycles. The van der Waals surface area contributed by atoms with Gasteiger partial charge < -0.3 is 10.1 Å². The lowest BCUT2D eigenvalue weighted by molar-refractivity contribution is -0.137. The van der Waals surface area contributed by atoms with E-state index in [0.717, 1.165) is 23.3 Å². The van der Waals surface area contributed by atoms with Gasteiger partial charge in [-0.15, -0.1) is 11.3 Å². The van der Waals surface area contributed by atoms with Crippen LogP contribution in [0.25, 0.3) is 0 Å². The van der Waals surface area contributed by atoms with Gasteiger partial charge in [0.2, 0.25) is 0 Å². The van der Waals surface area contributed by atoms with Crippen LogP contribution in [0.1, 0.15) is 26.4 Å². The molecule has 2 aromatic carbocycles. The number of carbonyl (C=O) groups excluding carboxylic acids is 1. The van der Waals surface area contributed by atoms with Gasteiger partial charge in [-0.2, -0.15) is 13.2 Å². The lowest BCUT2D eigenvalue weighted by Gasteiger charge is -2.08. The molecule has 0 saturated carbocycles. The zero-order valence-corrected chi connectivity index (χ0v) is 16.2. The second-order valence-corrected chi connectivity index (χ2v) is 7.39. The van der Waals surface area contributed by atoms with Gasteiger partial charge in [-0.3, -0.25) is 4.79 Å². The van der Waals surface area contributed by atoms with Crippen molar-refractivity contribution in [1.82, 2.24) is 0 Å². The van der Waals surface area contributed by atoms with E-state index in [1.54, 1.807) is 17.5 Å². The van der Waals surface area contributed by atoms with Gasteiger partial charge in [0.15, 0.2) is 0 Å². The molecule has 0 saturated heterocycles. The lowest BCUT2D eigenvalue weighted by Crippen LogP contribution is -2.11. The number of alkyl halides is 3. The second kappa shape index (κ2) is 8.24. The maximum absolute atomic E-state index is 12.6. The molecule has 1 N–H and O–H groups in total. The van der Waals surface area contributed by atoms with Crippen LogP contribution >= 0.6 is 22.9 Å². The van der Waals surface area contributed by atoms with E-state index in [9.17, 15) is 18.0 Å². The highest BCUT2D eigenvalue weighted by Gasteiger charge is 2.30. The minimum atomic E-state index is -4.41. The summed E-state index contributed by atoms with van der Waals surface area (Å²) in [5, 5.41) is 4.87. The van der Waals surface area contributed by atoms with Crippen LogP contribution < -0.4 is 10.1 Å². The Labute approximate surface area is 168 Å². The van der Waals surface area contributed by atoms with E-state index >= 15 is 0 Å². The van der Waals surface area contributed by atoms with Crippen LogP contribution in [-0.2, 0) is 12.8 Å². The van der Waals surface area contributed by atoms with Crippen molar-refractivity contribution in [2.24, 2.45) is 0 Å². The van der Waals surface area contributed by atoms with Crippen molar-refractivity contribution in [1.29, 1.82) is 0 Å². The highest BCUT2D eigenvalue weighted by atomic mass is 35.5. The van der Waals surface area contributed by atoms with Gasteiger partial charge >= 0.3 is 6.18 Å². The number of thiophene rings is 1. The molecular weight excluding hydrogens is 411 g/mol. The van der Waals surface area contributed by atoms with E-state index in [-0.39, 0.29) is 12.3 Å². The summed E-state index contributed by atoms with van der Waals surface area (Å²) in [5.74, 6) is 0.160. The van der Waals surface area contributed by atoms with Crippen LogP contribution in [0, 0.1) is 6.92 Å². The van der Waals surface area contributed by atoms with Gasteiger partial charge in [-0.1, -0.05) is 17.7 Å². The minimum Gasteiger partial charge on any atom is -0.487 e. The van der Waals surface area contributed by atoms with Gasteiger partial charge in [0, 0.05) is 11.3 Å². The first-order valence-electron chi connectivity index (χ1n) is 8.17. The molecule has 0 unspecified atom stereocenters. The van der Waals surface area contributed by atoms with E-state index < -0.39 is 17.6 Å². The van der Waals surface area contributed by atoms with Crippen molar-refractivity contribution in [3.8, 4) is 5.75 Å². The number of halogens is 4. The van der Waals surface area contributed by atoms with Crippen molar-refractivity contribution in [3.63, 3.8) is 0 Å². The molecule has 3 aromatic rings. The molecule has 0 aliphatic rings. The molecule has 28 heavy (non-hydrogen) atoms. The molecule has 3 rings (SSSR count). The number of hydrogen-bond donors (Lipinski definition) is 1. The lowest BCUT2D eigenvalue weighted by atomic mass is 10.2. The van der Waals surface area contributed by atoms with E-state index in [4.69, 9.17) is 16.3 Å². The monoisotopic (exact) mass is 425 g/mol. The molecule has 3 nitrogen and oxygen atoms in total. The highest BCUT2D eigenvalue weighted by Crippen LogP contribution is 2.30. The molecule has 146 valence electrons. The quantitative estimate of drug-likeness (QED) is 0.502. The maximum Gasteiger partial charge on any atom is 0.416 e. The molecule has 1 amide bonds. The first kappa shape index (κ1) is 20.2. The summed E-state index contributed by atoms with van der Waals surface area (Å²) in [7, 11) is 0. The summed E-state index contributed by atoms with van der Waals surface area (Å²) in [6, 6.07) is 11.4. The average molecular weight is 426 g/mol. The third-order valence-electron chi connectivity index (χ3n) is 3.83. The van der Waals surface area contributed by atoms with Crippen LogP contribution in [0.5, 0.6) is 5.75 Å².